The highest BCUT2D eigenvalue weighted by molar-refractivity contribution is 8.00. The molecule has 0 saturated carbocycles. The lowest BCUT2D eigenvalue weighted by Gasteiger charge is -2.07. The van der Waals surface area contributed by atoms with Gasteiger partial charge in [0.15, 0.2) is 10.2 Å². The lowest BCUT2D eigenvalue weighted by atomic mass is 10.3. The van der Waals surface area contributed by atoms with E-state index in [-0.39, 0.29) is 11.7 Å². The molecule has 0 bridgehead atoms. The van der Waals surface area contributed by atoms with Gasteiger partial charge in [0.05, 0.1) is 5.56 Å². The molecule has 0 atom stereocenters. The average molecular weight is 281 g/mol. The minimum absolute atomic E-state index is 0.170. The number of rotatable bonds is 3. The van der Waals surface area contributed by atoms with Crippen LogP contribution in [0.4, 0.5) is 0 Å². The zero-order valence-electron chi connectivity index (χ0n) is 10.1. The van der Waals surface area contributed by atoms with Crippen LogP contribution in [-0.4, -0.2) is 50.5 Å². The van der Waals surface area contributed by atoms with E-state index in [9.17, 15) is 4.79 Å². The van der Waals surface area contributed by atoms with Crippen LogP contribution in [0.25, 0.3) is 11.4 Å². The number of hydrogen-bond acceptors (Lipinski definition) is 7. The molecule has 0 aliphatic carbocycles. The predicted molar refractivity (Wildman–Crippen MR) is 70.7 cm³/mol. The molecule has 0 fully saturated rings. The first-order valence-electron chi connectivity index (χ1n) is 5.03. The van der Waals surface area contributed by atoms with Crippen LogP contribution < -0.4 is 0 Å². The molecule has 94 valence electrons. The second kappa shape index (κ2) is 5.40. The molecule has 2 heterocycles. The third-order valence-electron chi connectivity index (χ3n) is 2.09. The Hall–Kier alpha value is -1.54. The molecule has 8 heteroatoms. The number of nitrogens with zero attached hydrogens (tertiary/aromatic N) is 5. The molecule has 18 heavy (non-hydrogen) atoms. The van der Waals surface area contributed by atoms with Crippen LogP contribution >= 0.6 is 23.3 Å². The summed E-state index contributed by atoms with van der Waals surface area (Å²) in [5, 5.41) is 0. The first-order valence-corrected chi connectivity index (χ1v) is 7.03. The highest BCUT2D eigenvalue weighted by Crippen LogP contribution is 2.22. The topological polar surface area (TPSA) is 71.9 Å². The molecule has 0 unspecified atom stereocenters. The van der Waals surface area contributed by atoms with Crippen LogP contribution in [0.2, 0.25) is 0 Å². The molecular weight excluding hydrogens is 270 g/mol. The Morgan fingerprint density at radius 1 is 1.33 bits per heavy atom. The normalized spacial score (nSPS) is 10.4. The SMILES string of the molecule is CSc1nc(-c2cnc(C(=O)N(C)C)nc2)ns1. The Balaban J connectivity index is 2.24. The maximum Gasteiger partial charge on any atom is 0.291 e. The Bertz CT molecular complexity index is 552. The van der Waals surface area contributed by atoms with Gasteiger partial charge in [-0.1, -0.05) is 11.8 Å². The first kappa shape index (κ1) is 12.9. The fourth-order valence-electron chi connectivity index (χ4n) is 1.16. The van der Waals surface area contributed by atoms with Crippen molar-refractivity contribution in [3.63, 3.8) is 0 Å². The van der Waals surface area contributed by atoms with Crippen molar-refractivity contribution in [1.82, 2.24) is 24.2 Å². The molecule has 0 aromatic carbocycles. The van der Waals surface area contributed by atoms with Crippen molar-refractivity contribution in [2.45, 2.75) is 4.34 Å². The predicted octanol–water partition coefficient (Wildman–Crippen LogP) is 1.42. The maximum atomic E-state index is 11.6. The Kier molecular flexibility index (Phi) is 3.87. The third kappa shape index (κ3) is 2.65. The molecule has 6 nitrogen and oxygen atoms in total. The van der Waals surface area contributed by atoms with Crippen LogP contribution in [0.5, 0.6) is 0 Å². The van der Waals surface area contributed by atoms with Crippen molar-refractivity contribution in [1.29, 1.82) is 0 Å². The van der Waals surface area contributed by atoms with Crippen LogP contribution in [0.1, 0.15) is 10.6 Å². The van der Waals surface area contributed by atoms with Gasteiger partial charge in [0, 0.05) is 26.5 Å². The summed E-state index contributed by atoms with van der Waals surface area (Å²) in [6.07, 6.45) is 5.07. The van der Waals surface area contributed by atoms with Gasteiger partial charge in [0.1, 0.15) is 0 Å². The molecule has 0 aliphatic rings. The lowest BCUT2D eigenvalue weighted by molar-refractivity contribution is 0.0816. The van der Waals surface area contributed by atoms with Crippen LogP contribution in [0, 0.1) is 0 Å². The van der Waals surface area contributed by atoms with Crippen molar-refractivity contribution in [3.8, 4) is 11.4 Å². The monoisotopic (exact) mass is 281 g/mol. The van der Waals surface area contributed by atoms with E-state index in [1.807, 2.05) is 6.26 Å². The van der Waals surface area contributed by atoms with Gasteiger partial charge >= 0.3 is 0 Å². The number of hydrogen-bond donors (Lipinski definition) is 0. The fourth-order valence-corrected chi connectivity index (χ4v) is 2.19. The summed E-state index contributed by atoms with van der Waals surface area (Å²) in [5.74, 6) is 0.537. The van der Waals surface area contributed by atoms with Gasteiger partial charge in [-0.2, -0.15) is 4.37 Å². The number of thioether (sulfide) groups is 1. The summed E-state index contributed by atoms with van der Waals surface area (Å²) >= 11 is 2.87. The van der Waals surface area contributed by atoms with Gasteiger partial charge in [0.2, 0.25) is 5.82 Å². The maximum absolute atomic E-state index is 11.6. The summed E-state index contributed by atoms with van der Waals surface area (Å²) in [6.45, 7) is 0. The molecule has 2 rings (SSSR count). The van der Waals surface area contributed by atoms with Gasteiger partial charge in [-0.15, -0.1) is 0 Å². The van der Waals surface area contributed by atoms with Crippen LogP contribution in [-0.2, 0) is 0 Å². The van der Waals surface area contributed by atoms with Gasteiger partial charge in [-0.3, -0.25) is 4.79 Å². The van der Waals surface area contributed by atoms with Crippen molar-refractivity contribution < 1.29 is 4.79 Å². The summed E-state index contributed by atoms with van der Waals surface area (Å²) < 4.78 is 5.09. The van der Waals surface area contributed by atoms with Crippen molar-refractivity contribution in [2.75, 3.05) is 20.4 Å². The minimum Gasteiger partial charge on any atom is -0.342 e. The second-order valence-corrected chi connectivity index (χ2v) is 5.39. The van der Waals surface area contributed by atoms with E-state index in [4.69, 9.17) is 0 Å². The van der Waals surface area contributed by atoms with Crippen molar-refractivity contribution in [2.24, 2.45) is 0 Å². The van der Waals surface area contributed by atoms with E-state index in [1.165, 1.54) is 28.2 Å². The molecule has 2 aromatic heterocycles. The van der Waals surface area contributed by atoms with Crippen molar-refractivity contribution in [3.05, 3.63) is 18.2 Å². The van der Waals surface area contributed by atoms with E-state index in [0.717, 1.165) is 4.34 Å². The molecule has 0 aliphatic heterocycles. The molecule has 0 spiro atoms. The minimum atomic E-state index is -0.224. The highest BCUT2D eigenvalue weighted by Gasteiger charge is 2.12. The van der Waals surface area contributed by atoms with Crippen LogP contribution in [0.15, 0.2) is 16.7 Å². The van der Waals surface area contributed by atoms with E-state index >= 15 is 0 Å². The molecule has 1 amide bonds. The quantitative estimate of drug-likeness (QED) is 0.792. The zero-order chi connectivity index (χ0) is 13.1. The Morgan fingerprint density at radius 3 is 2.50 bits per heavy atom. The highest BCUT2D eigenvalue weighted by atomic mass is 32.2. The summed E-state index contributed by atoms with van der Waals surface area (Å²) in [7, 11) is 3.32. The van der Waals surface area contributed by atoms with Gasteiger partial charge < -0.3 is 4.90 Å². The largest absolute Gasteiger partial charge is 0.342 e. The van der Waals surface area contributed by atoms with Gasteiger partial charge in [-0.05, 0) is 17.8 Å². The number of carbonyl (C=O) groups excluding carboxylic acids is 1. The molecule has 0 N–H and O–H groups in total. The fraction of sp³-hybridized carbons (Fsp3) is 0.300. The van der Waals surface area contributed by atoms with E-state index in [2.05, 4.69) is 19.3 Å². The molecule has 0 saturated heterocycles. The lowest BCUT2D eigenvalue weighted by Crippen LogP contribution is -2.23. The Labute approximate surface area is 113 Å². The molecule has 2 aromatic rings. The van der Waals surface area contributed by atoms with Crippen molar-refractivity contribution >= 4 is 29.2 Å². The standard InChI is InChI=1S/C10H11N5OS2/c1-15(2)9(16)8-11-4-6(5-12-8)7-13-10(17-3)18-14-7/h4-5H,1-3H3. The second-order valence-electron chi connectivity index (χ2n) is 3.58. The van der Waals surface area contributed by atoms with Gasteiger partial charge in [0.25, 0.3) is 5.91 Å². The molecular formula is C10H11N5OS2. The van der Waals surface area contributed by atoms with Crippen LogP contribution in [0.3, 0.4) is 0 Å². The summed E-state index contributed by atoms with van der Waals surface area (Å²) in [6, 6.07) is 0. The smallest absolute Gasteiger partial charge is 0.291 e. The van der Waals surface area contributed by atoms with Gasteiger partial charge in [-0.25, -0.2) is 15.0 Å². The number of aromatic nitrogens is 4. The first-order chi connectivity index (χ1) is 8.61. The van der Waals surface area contributed by atoms with E-state index < -0.39 is 0 Å². The summed E-state index contributed by atoms with van der Waals surface area (Å²) in [4.78, 5) is 25.4. The van der Waals surface area contributed by atoms with E-state index in [1.54, 1.807) is 26.5 Å². The zero-order valence-corrected chi connectivity index (χ0v) is 11.7. The number of carbonyl (C=O) groups is 1. The third-order valence-corrected chi connectivity index (χ3v) is 3.77. The number of amides is 1. The van der Waals surface area contributed by atoms with E-state index in [0.29, 0.717) is 11.4 Å². The molecule has 0 radical (unpaired) electrons. The average Bonchev–Trinajstić information content (AvgIpc) is 2.86. The summed E-state index contributed by atoms with van der Waals surface area (Å²) in [5.41, 5.74) is 0.710. The Morgan fingerprint density at radius 2 is 2.00 bits per heavy atom.